The highest BCUT2D eigenvalue weighted by atomic mass is 19.1. The van der Waals surface area contributed by atoms with Crippen molar-refractivity contribution in [2.24, 2.45) is 0 Å². The molecule has 0 saturated carbocycles. The van der Waals surface area contributed by atoms with Gasteiger partial charge in [-0.3, -0.25) is 9.78 Å². The van der Waals surface area contributed by atoms with E-state index < -0.39 is 0 Å². The number of halogens is 1. The Morgan fingerprint density at radius 2 is 1.75 bits per heavy atom. The Kier molecular flexibility index (Phi) is 3.90. The molecular formula is C24H17FN2O. The first-order valence-electron chi connectivity index (χ1n) is 9.19. The summed E-state index contributed by atoms with van der Waals surface area (Å²) in [6.45, 7) is 0.790. The molecule has 5 rings (SSSR count). The summed E-state index contributed by atoms with van der Waals surface area (Å²) < 4.78 is 14.8. The van der Waals surface area contributed by atoms with Crippen molar-refractivity contribution in [3.8, 4) is 11.1 Å². The SMILES string of the molecule is O=C1c2ccccc2CN1Cc1ccc(-c2ccc3cnccc3c2)cc1F. The molecule has 1 aliphatic heterocycles. The maximum Gasteiger partial charge on any atom is 0.254 e. The van der Waals surface area contributed by atoms with E-state index in [2.05, 4.69) is 4.98 Å². The Hall–Kier alpha value is -3.53. The lowest BCUT2D eigenvalue weighted by Gasteiger charge is -2.16. The van der Waals surface area contributed by atoms with Gasteiger partial charge in [-0.25, -0.2) is 4.39 Å². The fraction of sp³-hybridized carbons (Fsp3) is 0.0833. The molecule has 0 spiro atoms. The average Bonchev–Trinajstić information content (AvgIpc) is 3.05. The summed E-state index contributed by atoms with van der Waals surface area (Å²) in [5.41, 5.74) is 4.00. The Bertz CT molecular complexity index is 1220. The zero-order chi connectivity index (χ0) is 19.1. The van der Waals surface area contributed by atoms with Gasteiger partial charge >= 0.3 is 0 Å². The molecule has 4 aromatic rings. The van der Waals surface area contributed by atoms with Crippen LogP contribution in [0.5, 0.6) is 0 Å². The number of benzene rings is 3. The summed E-state index contributed by atoms with van der Waals surface area (Å²) in [4.78, 5) is 18.3. The van der Waals surface area contributed by atoms with Gasteiger partial charge < -0.3 is 4.90 Å². The van der Waals surface area contributed by atoms with E-state index in [0.717, 1.165) is 27.5 Å². The van der Waals surface area contributed by atoms with E-state index in [0.29, 0.717) is 17.7 Å². The summed E-state index contributed by atoms with van der Waals surface area (Å²) >= 11 is 0. The first-order valence-corrected chi connectivity index (χ1v) is 9.19. The fourth-order valence-corrected chi connectivity index (χ4v) is 3.77. The lowest BCUT2D eigenvalue weighted by molar-refractivity contribution is 0.0765. The van der Waals surface area contributed by atoms with E-state index in [9.17, 15) is 9.18 Å². The van der Waals surface area contributed by atoms with Crippen molar-refractivity contribution in [3.05, 3.63) is 102 Å². The second-order valence-electron chi connectivity index (χ2n) is 7.06. The second-order valence-corrected chi connectivity index (χ2v) is 7.06. The Labute approximate surface area is 162 Å². The minimum atomic E-state index is -0.295. The standard InChI is InChI=1S/C24H17FN2O/c25-23-12-17(16-5-7-19-13-26-10-9-18(19)11-16)6-8-21(23)15-27-14-20-3-1-2-4-22(20)24(27)28/h1-13H,14-15H2. The zero-order valence-corrected chi connectivity index (χ0v) is 15.1. The molecule has 0 N–H and O–H groups in total. The molecule has 0 bridgehead atoms. The summed E-state index contributed by atoms with van der Waals surface area (Å²) in [6, 6.07) is 20.7. The molecule has 136 valence electrons. The molecule has 2 heterocycles. The highest BCUT2D eigenvalue weighted by Gasteiger charge is 2.27. The molecule has 28 heavy (non-hydrogen) atoms. The van der Waals surface area contributed by atoms with E-state index in [4.69, 9.17) is 0 Å². The summed E-state index contributed by atoms with van der Waals surface area (Å²) in [5.74, 6) is -0.335. The molecule has 0 saturated heterocycles. The van der Waals surface area contributed by atoms with Crippen molar-refractivity contribution in [3.63, 3.8) is 0 Å². The third-order valence-electron chi connectivity index (χ3n) is 5.28. The molecule has 0 unspecified atom stereocenters. The van der Waals surface area contributed by atoms with Crippen LogP contribution in [0.1, 0.15) is 21.5 Å². The molecule has 0 atom stereocenters. The summed E-state index contributed by atoms with van der Waals surface area (Å²) in [7, 11) is 0. The van der Waals surface area contributed by atoms with E-state index in [1.54, 1.807) is 23.2 Å². The molecule has 1 aliphatic rings. The van der Waals surface area contributed by atoms with E-state index >= 15 is 0 Å². The molecule has 1 aromatic heterocycles. The quantitative estimate of drug-likeness (QED) is 0.498. The van der Waals surface area contributed by atoms with Crippen LogP contribution in [0.25, 0.3) is 21.9 Å². The molecule has 3 aromatic carbocycles. The van der Waals surface area contributed by atoms with Crippen LogP contribution >= 0.6 is 0 Å². The van der Waals surface area contributed by atoms with Gasteiger partial charge in [0, 0.05) is 42.0 Å². The molecule has 4 heteroatoms. The minimum absolute atomic E-state index is 0.0396. The van der Waals surface area contributed by atoms with E-state index in [1.807, 2.05) is 60.8 Å². The van der Waals surface area contributed by atoms with Gasteiger partial charge in [-0.1, -0.05) is 42.5 Å². The number of hydrogen-bond donors (Lipinski definition) is 0. The highest BCUT2D eigenvalue weighted by Crippen LogP contribution is 2.28. The molecule has 0 fully saturated rings. The number of fused-ring (bicyclic) bond motifs is 2. The smallest absolute Gasteiger partial charge is 0.254 e. The van der Waals surface area contributed by atoms with Gasteiger partial charge in [0.15, 0.2) is 0 Å². The largest absolute Gasteiger partial charge is 0.330 e. The number of aromatic nitrogens is 1. The number of carbonyl (C=O) groups excluding carboxylic acids is 1. The topological polar surface area (TPSA) is 33.2 Å². The van der Waals surface area contributed by atoms with Crippen LogP contribution in [0.4, 0.5) is 4.39 Å². The maximum atomic E-state index is 14.8. The lowest BCUT2D eigenvalue weighted by Crippen LogP contribution is -2.23. The maximum absolute atomic E-state index is 14.8. The van der Waals surface area contributed by atoms with Crippen molar-refractivity contribution in [1.29, 1.82) is 0 Å². The van der Waals surface area contributed by atoms with Crippen LogP contribution in [-0.2, 0) is 13.1 Å². The Morgan fingerprint density at radius 1 is 0.929 bits per heavy atom. The van der Waals surface area contributed by atoms with Crippen LogP contribution in [0.2, 0.25) is 0 Å². The first-order chi connectivity index (χ1) is 13.7. The summed E-state index contributed by atoms with van der Waals surface area (Å²) in [5, 5.41) is 2.12. The molecule has 3 nitrogen and oxygen atoms in total. The third kappa shape index (κ3) is 2.83. The second kappa shape index (κ2) is 6.57. The van der Waals surface area contributed by atoms with Crippen molar-refractivity contribution in [2.45, 2.75) is 13.1 Å². The van der Waals surface area contributed by atoms with Gasteiger partial charge in [-0.15, -0.1) is 0 Å². The van der Waals surface area contributed by atoms with Gasteiger partial charge in [0.2, 0.25) is 0 Å². The number of nitrogens with zero attached hydrogens (tertiary/aromatic N) is 2. The Balaban J connectivity index is 1.41. The average molecular weight is 368 g/mol. The lowest BCUT2D eigenvalue weighted by atomic mass is 10.0. The van der Waals surface area contributed by atoms with Gasteiger partial charge in [0.25, 0.3) is 5.91 Å². The third-order valence-corrected chi connectivity index (χ3v) is 5.28. The number of rotatable bonds is 3. The zero-order valence-electron chi connectivity index (χ0n) is 15.1. The minimum Gasteiger partial charge on any atom is -0.330 e. The van der Waals surface area contributed by atoms with Crippen molar-refractivity contribution < 1.29 is 9.18 Å². The molecular weight excluding hydrogens is 351 g/mol. The number of hydrogen-bond acceptors (Lipinski definition) is 2. The summed E-state index contributed by atoms with van der Waals surface area (Å²) in [6.07, 6.45) is 3.56. The molecule has 0 radical (unpaired) electrons. The fourth-order valence-electron chi connectivity index (χ4n) is 3.77. The van der Waals surface area contributed by atoms with Crippen molar-refractivity contribution in [1.82, 2.24) is 9.88 Å². The van der Waals surface area contributed by atoms with Gasteiger partial charge in [-0.05, 0) is 46.3 Å². The number of amides is 1. The highest BCUT2D eigenvalue weighted by molar-refractivity contribution is 5.98. The van der Waals surface area contributed by atoms with Crippen LogP contribution < -0.4 is 0 Å². The van der Waals surface area contributed by atoms with Crippen LogP contribution in [-0.4, -0.2) is 15.8 Å². The van der Waals surface area contributed by atoms with Crippen molar-refractivity contribution >= 4 is 16.7 Å². The van der Waals surface area contributed by atoms with E-state index in [-0.39, 0.29) is 18.3 Å². The normalized spacial score (nSPS) is 13.2. The number of carbonyl (C=O) groups is 1. The van der Waals surface area contributed by atoms with Crippen LogP contribution in [0.3, 0.4) is 0 Å². The van der Waals surface area contributed by atoms with Gasteiger partial charge in [0.1, 0.15) is 5.82 Å². The van der Waals surface area contributed by atoms with Crippen LogP contribution in [0.15, 0.2) is 79.1 Å². The molecule has 1 amide bonds. The monoisotopic (exact) mass is 368 g/mol. The number of pyridine rings is 1. The van der Waals surface area contributed by atoms with E-state index in [1.165, 1.54) is 0 Å². The van der Waals surface area contributed by atoms with Crippen molar-refractivity contribution in [2.75, 3.05) is 0 Å². The Morgan fingerprint density at radius 3 is 2.61 bits per heavy atom. The van der Waals surface area contributed by atoms with Gasteiger partial charge in [0.05, 0.1) is 0 Å². The van der Waals surface area contributed by atoms with Crippen LogP contribution in [0, 0.1) is 5.82 Å². The van der Waals surface area contributed by atoms with Gasteiger partial charge in [-0.2, -0.15) is 0 Å². The predicted molar refractivity (Wildman–Crippen MR) is 107 cm³/mol. The molecule has 0 aliphatic carbocycles. The first kappa shape index (κ1) is 16.6. The predicted octanol–water partition coefficient (Wildman–Crippen LogP) is 5.20.